The van der Waals surface area contributed by atoms with Gasteiger partial charge in [-0.2, -0.15) is 0 Å². The Morgan fingerprint density at radius 3 is 2.62 bits per heavy atom. The van der Waals surface area contributed by atoms with Gasteiger partial charge in [0.05, 0.1) is 6.20 Å². The summed E-state index contributed by atoms with van der Waals surface area (Å²) < 4.78 is 12.6. The molecular formula is C10H20N4O2. The fraction of sp³-hybridized carbons (Fsp3) is 0.800. The summed E-state index contributed by atoms with van der Waals surface area (Å²) in [6.07, 6.45) is 2.31. The van der Waals surface area contributed by atoms with Gasteiger partial charge in [-0.1, -0.05) is 5.21 Å². The smallest absolute Gasteiger partial charge is 0.204 e. The van der Waals surface area contributed by atoms with Crippen LogP contribution in [0.2, 0.25) is 0 Å². The molecule has 0 aliphatic carbocycles. The van der Waals surface area contributed by atoms with Crippen molar-refractivity contribution in [3.63, 3.8) is 0 Å². The fourth-order valence-electron chi connectivity index (χ4n) is 1.31. The van der Waals surface area contributed by atoms with E-state index in [9.17, 15) is 0 Å². The lowest BCUT2D eigenvalue weighted by molar-refractivity contribution is -0.142. The number of hydrogen-bond donors (Lipinski definition) is 1. The molecule has 0 radical (unpaired) electrons. The number of aryl methyl sites for hydroxylation is 1. The quantitative estimate of drug-likeness (QED) is 0.663. The summed E-state index contributed by atoms with van der Waals surface area (Å²) in [5.41, 5.74) is 6.14. The lowest BCUT2D eigenvalue weighted by atomic mass is 10.4. The summed E-state index contributed by atoms with van der Waals surface area (Å²) >= 11 is 0. The Kier molecular flexibility index (Phi) is 5.99. The van der Waals surface area contributed by atoms with Gasteiger partial charge in [0.1, 0.15) is 5.69 Å². The Hall–Kier alpha value is -0.980. The van der Waals surface area contributed by atoms with Gasteiger partial charge in [-0.05, 0) is 26.8 Å². The van der Waals surface area contributed by atoms with E-state index >= 15 is 0 Å². The summed E-state index contributed by atoms with van der Waals surface area (Å²) in [5, 5.41) is 8.02. The number of rotatable bonds is 8. The first kappa shape index (κ1) is 13.1. The Morgan fingerprint density at radius 1 is 1.38 bits per heavy atom. The highest BCUT2D eigenvalue weighted by molar-refractivity contribution is 4.94. The van der Waals surface area contributed by atoms with Gasteiger partial charge in [0.2, 0.25) is 6.29 Å². The minimum Gasteiger partial charge on any atom is -0.347 e. The van der Waals surface area contributed by atoms with Crippen molar-refractivity contribution in [3.8, 4) is 0 Å². The number of ether oxygens (including phenoxy) is 2. The van der Waals surface area contributed by atoms with Crippen molar-refractivity contribution in [2.75, 3.05) is 19.8 Å². The molecule has 6 heteroatoms. The highest BCUT2D eigenvalue weighted by Crippen LogP contribution is 2.15. The zero-order chi connectivity index (χ0) is 11.8. The molecule has 6 nitrogen and oxygen atoms in total. The van der Waals surface area contributed by atoms with Gasteiger partial charge in [0, 0.05) is 19.8 Å². The van der Waals surface area contributed by atoms with Crippen molar-refractivity contribution in [2.45, 2.75) is 33.1 Å². The maximum atomic E-state index is 5.43. The van der Waals surface area contributed by atoms with E-state index in [0.717, 1.165) is 13.0 Å². The van der Waals surface area contributed by atoms with Crippen LogP contribution >= 0.6 is 0 Å². The van der Waals surface area contributed by atoms with Crippen molar-refractivity contribution in [3.05, 3.63) is 11.9 Å². The van der Waals surface area contributed by atoms with Crippen LogP contribution in [0.15, 0.2) is 6.20 Å². The number of aromatic nitrogens is 3. The minimum atomic E-state index is -0.415. The molecule has 0 fully saturated rings. The molecule has 0 aliphatic heterocycles. The van der Waals surface area contributed by atoms with Crippen LogP contribution in [0.5, 0.6) is 0 Å². The average molecular weight is 228 g/mol. The molecule has 0 saturated heterocycles. The monoisotopic (exact) mass is 228 g/mol. The predicted octanol–water partition coefficient (Wildman–Crippen LogP) is 0.698. The molecule has 16 heavy (non-hydrogen) atoms. The molecule has 92 valence electrons. The maximum absolute atomic E-state index is 5.43. The number of nitrogens with two attached hydrogens (primary N) is 1. The minimum absolute atomic E-state index is 0.415. The summed E-state index contributed by atoms with van der Waals surface area (Å²) in [7, 11) is 0. The van der Waals surface area contributed by atoms with Crippen LogP contribution in [-0.4, -0.2) is 34.8 Å². The molecule has 0 bridgehead atoms. The zero-order valence-corrected chi connectivity index (χ0v) is 9.93. The first-order chi connectivity index (χ1) is 7.81. The zero-order valence-electron chi connectivity index (χ0n) is 9.93. The summed E-state index contributed by atoms with van der Waals surface area (Å²) in [6.45, 7) is 6.43. The van der Waals surface area contributed by atoms with Crippen molar-refractivity contribution in [1.82, 2.24) is 15.0 Å². The molecular weight excluding hydrogens is 208 g/mol. The topological polar surface area (TPSA) is 75.2 Å². The Bertz CT molecular complexity index is 284. The van der Waals surface area contributed by atoms with Crippen LogP contribution < -0.4 is 5.73 Å². The first-order valence-electron chi connectivity index (χ1n) is 5.65. The van der Waals surface area contributed by atoms with Crippen LogP contribution in [0.25, 0.3) is 0 Å². The molecule has 0 unspecified atom stereocenters. The van der Waals surface area contributed by atoms with E-state index in [-0.39, 0.29) is 0 Å². The van der Waals surface area contributed by atoms with E-state index in [1.807, 2.05) is 20.0 Å². The van der Waals surface area contributed by atoms with Gasteiger partial charge in [-0.15, -0.1) is 5.10 Å². The van der Waals surface area contributed by atoms with Crippen molar-refractivity contribution in [2.24, 2.45) is 5.73 Å². The van der Waals surface area contributed by atoms with E-state index in [1.165, 1.54) is 0 Å². The first-order valence-corrected chi connectivity index (χ1v) is 5.65. The van der Waals surface area contributed by atoms with Crippen molar-refractivity contribution < 1.29 is 9.47 Å². The second-order valence-electron chi connectivity index (χ2n) is 3.29. The molecule has 1 aromatic rings. The van der Waals surface area contributed by atoms with Crippen molar-refractivity contribution in [1.29, 1.82) is 0 Å². The van der Waals surface area contributed by atoms with Gasteiger partial charge in [-0.3, -0.25) is 4.68 Å². The number of hydrogen-bond acceptors (Lipinski definition) is 5. The Morgan fingerprint density at radius 2 is 2.06 bits per heavy atom. The fourth-order valence-corrected chi connectivity index (χ4v) is 1.31. The van der Waals surface area contributed by atoms with Gasteiger partial charge < -0.3 is 15.2 Å². The molecule has 0 aromatic carbocycles. The molecule has 1 rings (SSSR count). The SMILES string of the molecule is CCOC(OCC)c1cn(CCCN)nn1. The second kappa shape index (κ2) is 7.32. The summed E-state index contributed by atoms with van der Waals surface area (Å²) in [4.78, 5) is 0. The van der Waals surface area contributed by atoms with Crippen LogP contribution in [-0.2, 0) is 16.0 Å². The third-order valence-electron chi connectivity index (χ3n) is 2.03. The van der Waals surface area contributed by atoms with Crippen LogP contribution in [0.1, 0.15) is 32.3 Å². The molecule has 1 aromatic heterocycles. The molecule has 0 amide bonds. The third-order valence-corrected chi connectivity index (χ3v) is 2.03. The average Bonchev–Trinajstić information content (AvgIpc) is 2.74. The maximum Gasteiger partial charge on any atom is 0.204 e. The molecule has 2 N–H and O–H groups in total. The van der Waals surface area contributed by atoms with E-state index in [4.69, 9.17) is 15.2 Å². The van der Waals surface area contributed by atoms with Gasteiger partial charge >= 0.3 is 0 Å². The highest BCUT2D eigenvalue weighted by atomic mass is 16.7. The van der Waals surface area contributed by atoms with E-state index in [1.54, 1.807) is 4.68 Å². The highest BCUT2D eigenvalue weighted by Gasteiger charge is 2.15. The van der Waals surface area contributed by atoms with E-state index in [0.29, 0.717) is 25.5 Å². The summed E-state index contributed by atoms with van der Waals surface area (Å²) in [6, 6.07) is 0. The van der Waals surface area contributed by atoms with E-state index < -0.39 is 6.29 Å². The van der Waals surface area contributed by atoms with E-state index in [2.05, 4.69) is 10.3 Å². The van der Waals surface area contributed by atoms with Crippen molar-refractivity contribution >= 4 is 0 Å². The summed E-state index contributed by atoms with van der Waals surface area (Å²) in [5.74, 6) is 0. The normalized spacial score (nSPS) is 11.2. The largest absolute Gasteiger partial charge is 0.347 e. The predicted molar refractivity (Wildman–Crippen MR) is 59.7 cm³/mol. The third kappa shape index (κ3) is 3.88. The molecule has 0 aliphatic rings. The number of nitrogens with zero attached hydrogens (tertiary/aromatic N) is 3. The second-order valence-corrected chi connectivity index (χ2v) is 3.29. The molecule has 0 atom stereocenters. The van der Waals surface area contributed by atoms with Gasteiger partial charge in [0.15, 0.2) is 0 Å². The van der Waals surface area contributed by atoms with Crippen LogP contribution in [0, 0.1) is 0 Å². The lowest BCUT2D eigenvalue weighted by Gasteiger charge is -2.13. The molecule has 0 spiro atoms. The van der Waals surface area contributed by atoms with Gasteiger partial charge in [0.25, 0.3) is 0 Å². The standard InChI is InChI=1S/C10H20N4O2/c1-3-15-10(16-4-2)9-8-14(13-12-9)7-5-6-11/h8,10H,3-7,11H2,1-2H3. The van der Waals surface area contributed by atoms with Gasteiger partial charge in [-0.25, -0.2) is 0 Å². The molecule has 1 heterocycles. The Labute approximate surface area is 95.7 Å². The van der Waals surface area contributed by atoms with Crippen LogP contribution in [0.3, 0.4) is 0 Å². The molecule has 0 saturated carbocycles. The Balaban J connectivity index is 2.58. The lowest BCUT2D eigenvalue weighted by Crippen LogP contribution is -2.09. The van der Waals surface area contributed by atoms with Crippen LogP contribution in [0.4, 0.5) is 0 Å².